The van der Waals surface area contributed by atoms with Gasteiger partial charge in [-0.1, -0.05) is 13.3 Å². The molecule has 4 rings (SSSR count). The van der Waals surface area contributed by atoms with E-state index in [4.69, 9.17) is 0 Å². The molecule has 2 heteroatoms. The Morgan fingerprint density at radius 3 is 2.12 bits per heavy atom. The lowest BCUT2D eigenvalue weighted by Crippen LogP contribution is -2.50. The van der Waals surface area contributed by atoms with E-state index in [9.17, 15) is 0 Å². The third kappa shape index (κ3) is 2.53. The first-order chi connectivity index (χ1) is 8.36. The van der Waals surface area contributed by atoms with Crippen LogP contribution < -0.4 is 10.9 Å². The third-order valence-electron chi connectivity index (χ3n) is 5.54. The van der Waals surface area contributed by atoms with Crippen molar-refractivity contribution >= 4 is 0 Å². The zero-order valence-corrected chi connectivity index (χ0v) is 11.3. The van der Waals surface area contributed by atoms with Crippen molar-refractivity contribution in [2.45, 2.75) is 51.9 Å². The smallest absolute Gasteiger partial charge is 0.0133 e. The highest BCUT2D eigenvalue weighted by Gasteiger charge is 2.47. The zero-order chi connectivity index (χ0) is 11.7. The summed E-state index contributed by atoms with van der Waals surface area (Å²) < 4.78 is 0. The van der Waals surface area contributed by atoms with Crippen LogP contribution in [0, 0.1) is 29.6 Å². The molecular formula is C15H28N2. The normalized spacial score (nSPS) is 43.2. The van der Waals surface area contributed by atoms with Gasteiger partial charge in [0.15, 0.2) is 0 Å². The Morgan fingerprint density at radius 2 is 1.53 bits per heavy atom. The fourth-order valence-electron chi connectivity index (χ4n) is 4.91. The van der Waals surface area contributed by atoms with E-state index < -0.39 is 0 Å². The van der Waals surface area contributed by atoms with E-state index >= 15 is 0 Å². The molecule has 0 spiro atoms. The second kappa shape index (κ2) is 5.27. The summed E-state index contributed by atoms with van der Waals surface area (Å²) in [5, 5.41) is 0. The largest absolute Gasteiger partial charge is 0.258 e. The van der Waals surface area contributed by atoms with Crippen LogP contribution >= 0.6 is 0 Å². The lowest BCUT2D eigenvalue weighted by Gasteiger charge is -2.54. The Labute approximate surface area is 106 Å². The number of nitrogens with one attached hydrogen (secondary N) is 2. The van der Waals surface area contributed by atoms with Crippen molar-refractivity contribution in [1.29, 1.82) is 0 Å². The summed E-state index contributed by atoms with van der Waals surface area (Å²) in [7, 11) is 0. The number of rotatable bonds is 6. The highest BCUT2D eigenvalue weighted by Crippen LogP contribution is 2.56. The van der Waals surface area contributed by atoms with Gasteiger partial charge in [0.25, 0.3) is 0 Å². The van der Waals surface area contributed by atoms with Gasteiger partial charge in [-0.15, -0.1) is 0 Å². The van der Waals surface area contributed by atoms with Crippen molar-refractivity contribution in [3.63, 3.8) is 0 Å². The minimum absolute atomic E-state index is 0.983. The predicted octanol–water partition coefficient (Wildman–Crippen LogP) is 2.95. The van der Waals surface area contributed by atoms with Gasteiger partial charge in [-0.05, 0) is 68.1 Å². The van der Waals surface area contributed by atoms with E-state index in [1.165, 1.54) is 19.4 Å². The fourth-order valence-corrected chi connectivity index (χ4v) is 4.91. The first-order valence-corrected chi connectivity index (χ1v) is 7.82. The maximum absolute atomic E-state index is 3.50. The van der Waals surface area contributed by atoms with E-state index in [0.29, 0.717) is 0 Å². The summed E-state index contributed by atoms with van der Waals surface area (Å²) in [5.74, 6) is 5.33. The molecule has 4 saturated carbocycles. The molecule has 0 amide bonds. The summed E-state index contributed by atoms with van der Waals surface area (Å²) in [4.78, 5) is 0. The summed E-state index contributed by atoms with van der Waals surface area (Å²) in [5.41, 5.74) is 6.89. The highest BCUT2D eigenvalue weighted by atomic mass is 15.3. The molecule has 0 unspecified atom stereocenters. The maximum atomic E-state index is 3.50. The lowest BCUT2D eigenvalue weighted by molar-refractivity contribution is -0.0365. The molecule has 4 aliphatic carbocycles. The van der Waals surface area contributed by atoms with E-state index in [0.717, 1.165) is 36.1 Å². The van der Waals surface area contributed by atoms with Gasteiger partial charge in [0.1, 0.15) is 0 Å². The molecule has 0 aromatic heterocycles. The molecule has 17 heavy (non-hydrogen) atoms. The van der Waals surface area contributed by atoms with Crippen LogP contribution in [-0.2, 0) is 0 Å². The van der Waals surface area contributed by atoms with Gasteiger partial charge in [-0.25, -0.2) is 0 Å². The summed E-state index contributed by atoms with van der Waals surface area (Å²) in [6.07, 6.45) is 10.3. The average Bonchev–Trinajstić information content (AvgIpc) is 2.31. The fraction of sp³-hybridized carbons (Fsp3) is 1.00. The van der Waals surface area contributed by atoms with E-state index in [1.54, 1.807) is 32.1 Å². The van der Waals surface area contributed by atoms with Crippen LogP contribution in [0.2, 0.25) is 0 Å². The molecule has 0 heterocycles. The van der Waals surface area contributed by atoms with Crippen molar-refractivity contribution in [2.75, 3.05) is 13.1 Å². The SMILES string of the molecule is CCCCNNCC1C2CC3CC(C2)CC1C3. The number of hydrogen-bond donors (Lipinski definition) is 2. The maximum Gasteiger partial charge on any atom is 0.0133 e. The molecule has 4 aliphatic rings. The van der Waals surface area contributed by atoms with Gasteiger partial charge in [0, 0.05) is 13.1 Å². The monoisotopic (exact) mass is 236 g/mol. The lowest BCUT2D eigenvalue weighted by atomic mass is 9.52. The van der Waals surface area contributed by atoms with Crippen molar-refractivity contribution in [3.05, 3.63) is 0 Å². The number of hydrogen-bond acceptors (Lipinski definition) is 2. The Bertz CT molecular complexity index is 223. The Balaban J connectivity index is 1.44. The van der Waals surface area contributed by atoms with E-state index in [2.05, 4.69) is 17.8 Å². The summed E-state index contributed by atoms with van der Waals surface area (Å²) >= 11 is 0. The van der Waals surface area contributed by atoms with Crippen LogP contribution in [0.3, 0.4) is 0 Å². The molecule has 2 N–H and O–H groups in total. The Kier molecular flexibility index (Phi) is 3.72. The molecular weight excluding hydrogens is 208 g/mol. The average molecular weight is 236 g/mol. The topological polar surface area (TPSA) is 24.1 Å². The first-order valence-electron chi connectivity index (χ1n) is 7.82. The minimum atomic E-state index is 0.983. The van der Waals surface area contributed by atoms with E-state index in [-0.39, 0.29) is 0 Å². The van der Waals surface area contributed by atoms with Crippen LogP contribution in [0.25, 0.3) is 0 Å². The molecule has 4 bridgehead atoms. The van der Waals surface area contributed by atoms with Gasteiger partial charge in [-0.3, -0.25) is 10.9 Å². The number of unbranched alkanes of at least 4 members (excludes halogenated alkanes) is 1. The molecule has 0 saturated heterocycles. The number of hydrazine groups is 1. The molecule has 0 radical (unpaired) electrons. The molecule has 0 aromatic carbocycles. The van der Waals surface area contributed by atoms with Crippen LogP contribution in [0.1, 0.15) is 51.9 Å². The van der Waals surface area contributed by atoms with Gasteiger partial charge in [0.05, 0.1) is 0 Å². The summed E-state index contributed by atoms with van der Waals surface area (Å²) in [6, 6.07) is 0. The third-order valence-corrected chi connectivity index (χ3v) is 5.54. The predicted molar refractivity (Wildman–Crippen MR) is 71.4 cm³/mol. The minimum Gasteiger partial charge on any atom is -0.258 e. The van der Waals surface area contributed by atoms with Gasteiger partial charge in [0.2, 0.25) is 0 Å². The quantitative estimate of drug-likeness (QED) is 0.547. The Morgan fingerprint density at radius 1 is 0.882 bits per heavy atom. The standard InChI is InChI=1S/C15H28N2/c1-2-3-4-16-17-10-15-13-6-11-5-12(8-13)9-14(15)7-11/h11-17H,2-10H2,1H3. The molecule has 2 nitrogen and oxygen atoms in total. The molecule has 4 fully saturated rings. The van der Waals surface area contributed by atoms with Crippen LogP contribution in [0.15, 0.2) is 0 Å². The van der Waals surface area contributed by atoms with Crippen molar-refractivity contribution in [2.24, 2.45) is 29.6 Å². The van der Waals surface area contributed by atoms with Crippen molar-refractivity contribution in [3.8, 4) is 0 Å². The van der Waals surface area contributed by atoms with Gasteiger partial charge >= 0.3 is 0 Å². The van der Waals surface area contributed by atoms with Crippen LogP contribution in [0.4, 0.5) is 0 Å². The van der Waals surface area contributed by atoms with Crippen molar-refractivity contribution < 1.29 is 0 Å². The molecule has 0 aliphatic heterocycles. The van der Waals surface area contributed by atoms with Crippen LogP contribution in [-0.4, -0.2) is 13.1 Å². The zero-order valence-electron chi connectivity index (χ0n) is 11.3. The second-order valence-electron chi connectivity index (χ2n) is 6.76. The first kappa shape index (κ1) is 12.0. The van der Waals surface area contributed by atoms with Crippen LogP contribution in [0.5, 0.6) is 0 Å². The Hall–Kier alpha value is -0.0800. The molecule has 0 aromatic rings. The molecule has 98 valence electrons. The summed E-state index contributed by atoms with van der Waals surface area (Å²) in [6.45, 7) is 4.60. The second-order valence-corrected chi connectivity index (χ2v) is 6.76. The van der Waals surface area contributed by atoms with Crippen molar-refractivity contribution in [1.82, 2.24) is 10.9 Å². The van der Waals surface area contributed by atoms with Gasteiger partial charge in [-0.2, -0.15) is 0 Å². The van der Waals surface area contributed by atoms with Gasteiger partial charge < -0.3 is 0 Å². The van der Waals surface area contributed by atoms with E-state index in [1.807, 2.05) is 0 Å². The highest BCUT2D eigenvalue weighted by molar-refractivity contribution is 4.98. The molecule has 0 atom stereocenters.